The van der Waals surface area contributed by atoms with Gasteiger partial charge in [-0.1, -0.05) is 34.6 Å². The third kappa shape index (κ3) is 10.9. The molecule has 16 N–H and O–H groups in total. The van der Waals surface area contributed by atoms with Crippen LogP contribution in [0.15, 0.2) is 0 Å². The van der Waals surface area contributed by atoms with Crippen LogP contribution in [-0.2, 0) is 42.6 Å². The summed E-state index contributed by atoms with van der Waals surface area (Å²) in [5.41, 5.74) is -3.28. The number of aliphatic hydroxyl groups excluding tert-OH is 16. The zero-order valence-corrected chi connectivity index (χ0v) is 45.1. The van der Waals surface area contributed by atoms with Crippen LogP contribution in [0.2, 0.25) is 0 Å². The minimum atomic E-state index is -1.94. The number of aliphatic hydroxyl groups is 16. The maximum Gasteiger partial charge on any atom is 0.223 e. The zero-order chi connectivity index (χ0) is 58.1. The highest BCUT2D eigenvalue weighted by Gasteiger charge is 2.74. The Morgan fingerprint density at radius 3 is 1.70 bits per heavy atom. The van der Waals surface area contributed by atoms with Crippen molar-refractivity contribution in [2.45, 2.75) is 227 Å². The van der Waals surface area contributed by atoms with E-state index in [1.54, 1.807) is 0 Å². The molecule has 31 atom stereocenters. The second kappa shape index (κ2) is 23.9. The normalized spacial score (nSPS) is 52.1. The lowest BCUT2D eigenvalue weighted by atomic mass is 9.34. The standard InChI is InChI=1S/C54H82O25/c1-8-9-10-11-16-72-54(7,79-48-43(70)39(66)36(63)29(77-48)22-71-46-41(68)37(64)33(60)26(19-55)74-46)23-12-15-52(5)32(23)24(58)17-30-51(4)14-13-31(59)50(2,3)45(51)25(18-53(30,52)6)73-49-44(40(67)35(62)28(21-57)76-49)78-47-42(69)38(65)34(61)27(20-56)75-47/h1,23-49,55-70H,12-15,17-22H2,2-7H3. The predicted octanol–water partition coefficient (Wildman–Crippen LogP) is -5.41. The second-order valence-electron chi connectivity index (χ2n) is 24.5. The third-order valence-electron chi connectivity index (χ3n) is 20.0. The van der Waals surface area contributed by atoms with Gasteiger partial charge in [0.15, 0.2) is 25.2 Å². The summed E-state index contributed by atoms with van der Waals surface area (Å²) in [6, 6.07) is 0. The highest BCUT2D eigenvalue weighted by Crippen LogP contribution is 2.76. The van der Waals surface area contributed by atoms with Crippen molar-refractivity contribution < 1.29 is 124 Å². The number of terminal acetylenes is 1. The van der Waals surface area contributed by atoms with Gasteiger partial charge in [0.1, 0.15) is 104 Å². The molecule has 8 aliphatic rings. The first kappa shape index (κ1) is 62.6. The molecule has 25 nitrogen and oxygen atoms in total. The van der Waals surface area contributed by atoms with Crippen molar-refractivity contribution in [2.75, 3.05) is 26.4 Å². The van der Waals surface area contributed by atoms with Crippen LogP contribution < -0.4 is 0 Å². The topological polar surface area (TPSA) is 407 Å². The fraction of sp³-hybridized carbons (Fsp3) is 0.889. The van der Waals surface area contributed by atoms with Crippen LogP contribution >= 0.6 is 0 Å². The quantitative estimate of drug-likeness (QED) is 0.0438. The fourth-order valence-electron chi connectivity index (χ4n) is 15.6. The van der Waals surface area contributed by atoms with Crippen molar-refractivity contribution in [3.63, 3.8) is 0 Å². The average molecular weight is 1130 g/mol. The lowest BCUT2D eigenvalue weighted by Gasteiger charge is -2.72. The van der Waals surface area contributed by atoms with Gasteiger partial charge in [-0.05, 0) is 89.8 Å². The summed E-state index contributed by atoms with van der Waals surface area (Å²) in [5, 5.41) is 175. The summed E-state index contributed by atoms with van der Waals surface area (Å²) in [5.74, 6) is 5.26. The van der Waals surface area contributed by atoms with Gasteiger partial charge in [-0.2, -0.15) is 0 Å². The van der Waals surface area contributed by atoms with Gasteiger partial charge in [-0.25, -0.2) is 0 Å². The molecule has 8 rings (SSSR count). The lowest BCUT2D eigenvalue weighted by Crippen LogP contribution is -2.71. The Labute approximate surface area is 458 Å². The highest BCUT2D eigenvalue weighted by molar-refractivity contribution is 5.33. The average Bonchev–Trinajstić information content (AvgIpc) is 3.91. The van der Waals surface area contributed by atoms with E-state index < -0.39 is 213 Å². The van der Waals surface area contributed by atoms with Crippen LogP contribution in [0.1, 0.15) is 80.1 Å². The smallest absolute Gasteiger partial charge is 0.223 e. The second-order valence-corrected chi connectivity index (χ2v) is 24.5. The molecule has 4 heterocycles. The first-order chi connectivity index (χ1) is 37.1. The molecule has 4 aliphatic heterocycles. The Balaban J connectivity index is 1.13. The molecule has 4 saturated carbocycles. The number of rotatable bonds is 14. The van der Waals surface area contributed by atoms with Gasteiger partial charge in [0, 0.05) is 24.7 Å². The number of hydrogen-bond donors (Lipinski definition) is 16. The molecule has 4 aliphatic carbocycles. The molecule has 0 amide bonds. The van der Waals surface area contributed by atoms with Crippen LogP contribution in [0.3, 0.4) is 0 Å². The maximum absolute atomic E-state index is 12.8. The van der Waals surface area contributed by atoms with Gasteiger partial charge < -0.3 is 124 Å². The number of ether oxygens (including phenoxy) is 9. The van der Waals surface area contributed by atoms with E-state index in [4.69, 9.17) is 49.1 Å². The molecule has 0 radical (unpaired) electrons. The van der Waals surface area contributed by atoms with E-state index in [2.05, 4.69) is 43.6 Å². The van der Waals surface area contributed by atoms with Crippen LogP contribution in [0.4, 0.5) is 0 Å². The van der Waals surface area contributed by atoms with Crippen molar-refractivity contribution in [2.24, 2.45) is 45.3 Å². The van der Waals surface area contributed by atoms with Crippen molar-refractivity contribution >= 4 is 0 Å². The van der Waals surface area contributed by atoms with E-state index in [0.717, 1.165) is 0 Å². The van der Waals surface area contributed by atoms with Gasteiger partial charge in [-0.15, -0.1) is 6.42 Å². The number of hydrogen-bond acceptors (Lipinski definition) is 25. The van der Waals surface area contributed by atoms with E-state index in [-0.39, 0.29) is 25.2 Å². The first-order valence-electron chi connectivity index (χ1n) is 27.1. The van der Waals surface area contributed by atoms with E-state index in [1.165, 1.54) is 6.92 Å². The molecule has 0 aromatic carbocycles. The van der Waals surface area contributed by atoms with Gasteiger partial charge >= 0.3 is 0 Å². The maximum atomic E-state index is 12.8. The van der Waals surface area contributed by atoms with E-state index in [9.17, 15) is 81.7 Å². The SMILES string of the molecule is C#CC#CC#COC(C)(OC1OC(COC2OC(CO)C(O)C(O)C2O)C(O)C(O)C1O)C1CCC2(C)C1C(O)CC1C3(C)CCC(O)C(C)(C)C3C(OC3OC(CO)C(O)C(O)C3OC3OC(CO)C(O)C(O)C3O)CC12C. The van der Waals surface area contributed by atoms with Crippen molar-refractivity contribution in [1.29, 1.82) is 0 Å². The highest BCUT2D eigenvalue weighted by atomic mass is 16.8. The van der Waals surface area contributed by atoms with E-state index in [1.807, 2.05) is 20.8 Å². The summed E-state index contributed by atoms with van der Waals surface area (Å²) in [7, 11) is 0. The lowest BCUT2D eigenvalue weighted by molar-refractivity contribution is -0.386. The molecule has 31 unspecified atom stereocenters. The molecule has 0 aromatic heterocycles. The van der Waals surface area contributed by atoms with Crippen LogP contribution in [-0.4, -0.2) is 255 Å². The monoisotopic (exact) mass is 1130 g/mol. The molecular weight excluding hydrogens is 1050 g/mol. The third-order valence-corrected chi connectivity index (χ3v) is 20.0. The molecule has 0 spiro atoms. The fourth-order valence-corrected chi connectivity index (χ4v) is 15.6. The molecule has 448 valence electrons. The Bertz CT molecular complexity index is 2260. The Hall–Kier alpha value is -2.48. The van der Waals surface area contributed by atoms with Crippen molar-refractivity contribution in [1.82, 2.24) is 0 Å². The number of fused-ring (bicyclic) bond motifs is 5. The predicted molar refractivity (Wildman–Crippen MR) is 264 cm³/mol. The van der Waals surface area contributed by atoms with Crippen molar-refractivity contribution in [3.05, 3.63) is 0 Å². The first-order valence-corrected chi connectivity index (χ1v) is 27.1. The van der Waals surface area contributed by atoms with Gasteiger partial charge in [0.05, 0.1) is 44.7 Å². The molecule has 4 saturated heterocycles. The summed E-state index contributed by atoms with van der Waals surface area (Å²) < 4.78 is 55.1. The zero-order valence-electron chi connectivity index (χ0n) is 45.1. The van der Waals surface area contributed by atoms with Crippen LogP contribution in [0.25, 0.3) is 0 Å². The van der Waals surface area contributed by atoms with Crippen molar-refractivity contribution in [3.8, 4) is 36.2 Å². The molecule has 8 fully saturated rings. The summed E-state index contributed by atoms with van der Waals surface area (Å²) in [6.07, 6.45) is -27.4. The minimum absolute atomic E-state index is 0.208. The molecule has 0 aromatic rings. The Kier molecular flexibility index (Phi) is 18.9. The van der Waals surface area contributed by atoms with Gasteiger partial charge in [0.2, 0.25) is 5.79 Å². The summed E-state index contributed by atoms with van der Waals surface area (Å²) in [6.45, 7) is 8.65. The largest absolute Gasteiger partial charge is 0.411 e. The molecule has 0 bridgehead atoms. The summed E-state index contributed by atoms with van der Waals surface area (Å²) >= 11 is 0. The van der Waals surface area contributed by atoms with Gasteiger partial charge in [-0.3, -0.25) is 0 Å². The van der Waals surface area contributed by atoms with Crippen LogP contribution in [0, 0.1) is 81.5 Å². The van der Waals surface area contributed by atoms with Crippen LogP contribution in [0.5, 0.6) is 0 Å². The minimum Gasteiger partial charge on any atom is -0.411 e. The summed E-state index contributed by atoms with van der Waals surface area (Å²) in [4.78, 5) is 0. The van der Waals surface area contributed by atoms with E-state index in [0.29, 0.717) is 19.3 Å². The van der Waals surface area contributed by atoms with E-state index >= 15 is 0 Å². The molecule has 25 heteroatoms. The molecular formula is C54H82O25. The molecule has 79 heavy (non-hydrogen) atoms. The Morgan fingerprint density at radius 1 is 0.570 bits per heavy atom. The Morgan fingerprint density at radius 2 is 1.10 bits per heavy atom. The van der Waals surface area contributed by atoms with Gasteiger partial charge in [0.25, 0.3) is 0 Å².